The highest BCUT2D eigenvalue weighted by molar-refractivity contribution is 6.30. The Bertz CT molecular complexity index is 1710. The minimum Gasteiger partial charge on any atom is -0.465 e. The molecule has 0 aliphatic carbocycles. The Balaban J connectivity index is 1.45. The lowest BCUT2D eigenvalue weighted by Crippen LogP contribution is -2.61. The SMILES string of the molecule is CC[C@H](C)n1cc(-c2ccc(Cl)c(F)c2)c2ccc(C(=O)N3CCN(c4cc(C)c(C(=O)OC)c(C)n4)CC3(C)C)nc21. The molecule has 1 atom stereocenters. The number of carbonyl (C=O) groups is 2. The van der Waals surface area contributed by atoms with Crippen molar-refractivity contribution in [1.82, 2.24) is 19.4 Å². The lowest BCUT2D eigenvalue weighted by atomic mass is 9.97. The van der Waals surface area contributed by atoms with E-state index >= 15 is 0 Å². The van der Waals surface area contributed by atoms with Crippen LogP contribution in [0, 0.1) is 19.7 Å². The number of methoxy groups -OCH3 is 1. The second-order valence-electron chi connectivity index (χ2n) is 11.8. The van der Waals surface area contributed by atoms with Gasteiger partial charge in [0.1, 0.15) is 23.0 Å². The lowest BCUT2D eigenvalue weighted by Gasteiger charge is -2.47. The van der Waals surface area contributed by atoms with Crippen LogP contribution >= 0.6 is 11.6 Å². The molecule has 226 valence electrons. The zero-order chi connectivity index (χ0) is 31.2. The van der Waals surface area contributed by atoms with Crippen LogP contribution in [0.25, 0.3) is 22.2 Å². The van der Waals surface area contributed by atoms with E-state index in [2.05, 4.69) is 23.3 Å². The molecular weight excluding hydrogens is 569 g/mol. The molecule has 4 heterocycles. The van der Waals surface area contributed by atoms with E-state index in [1.165, 1.54) is 13.2 Å². The Labute approximate surface area is 256 Å². The summed E-state index contributed by atoms with van der Waals surface area (Å²) >= 11 is 5.94. The number of ether oxygens (including phenoxy) is 1. The van der Waals surface area contributed by atoms with Gasteiger partial charge < -0.3 is 19.1 Å². The molecule has 1 fully saturated rings. The van der Waals surface area contributed by atoms with Gasteiger partial charge in [-0.15, -0.1) is 0 Å². The molecule has 0 N–H and O–H groups in total. The fourth-order valence-corrected chi connectivity index (χ4v) is 6.04. The van der Waals surface area contributed by atoms with E-state index in [0.29, 0.717) is 47.8 Å². The number of esters is 1. The van der Waals surface area contributed by atoms with Gasteiger partial charge in [-0.25, -0.2) is 19.2 Å². The summed E-state index contributed by atoms with van der Waals surface area (Å²) in [4.78, 5) is 39.8. The van der Waals surface area contributed by atoms with E-state index in [-0.39, 0.29) is 17.0 Å². The number of hydrogen-bond acceptors (Lipinski definition) is 6. The first-order valence-electron chi connectivity index (χ1n) is 14.5. The quantitative estimate of drug-likeness (QED) is 0.220. The summed E-state index contributed by atoms with van der Waals surface area (Å²) in [5, 5.41) is 0.914. The van der Waals surface area contributed by atoms with Crippen molar-refractivity contribution in [2.75, 3.05) is 31.6 Å². The van der Waals surface area contributed by atoms with Crippen LogP contribution in [0.4, 0.5) is 10.2 Å². The Morgan fingerprint density at radius 2 is 1.86 bits per heavy atom. The van der Waals surface area contributed by atoms with Crippen LogP contribution in [-0.4, -0.2) is 63.6 Å². The first kappa shape index (κ1) is 30.5. The number of nitrogens with zero attached hydrogens (tertiary/aromatic N) is 5. The average molecular weight is 606 g/mol. The molecule has 0 radical (unpaired) electrons. The molecule has 5 rings (SSSR count). The number of benzene rings is 1. The molecule has 3 aromatic heterocycles. The summed E-state index contributed by atoms with van der Waals surface area (Å²) in [5.74, 6) is -0.269. The van der Waals surface area contributed by atoms with Gasteiger partial charge in [-0.2, -0.15) is 0 Å². The number of fused-ring (bicyclic) bond motifs is 1. The van der Waals surface area contributed by atoms with Gasteiger partial charge in [-0.05, 0) is 82.5 Å². The lowest BCUT2D eigenvalue weighted by molar-refractivity contribution is 0.0506. The van der Waals surface area contributed by atoms with Crippen LogP contribution in [0.3, 0.4) is 0 Å². The van der Waals surface area contributed by atoms with Gasteiger partial charge in [0.2, 0.25) is 0 Å². The number of piperazine rings is 1. The number of rotatable bonds is 6. The zero-order valence-electron chi connectivity index (χ0n) is 25.7. The second kappa shape index (κ2) is 11.6. The summed E-state index contributed by atoms with van der Waals surface area (Å²) < 4.78 is 21.3. The predicted molar refractivity (Wildman–Crippen MR) is 168 cm³/mol. The Kier molecular flexibility index (Phi) is 8.22. The first-order chi connectivity index (χ1) is 20.4. The average Bonchev–Trinajstić information content (AvgIpc) is 3.35. The molecule has 0 unspecified atom stereocenters. The van der Waals surface area contributed by atoms with Gasteiger partial charge in [0.25, 0.3) is 5.91 Å². The molecule has 8 nitrogen and oxygen atoms in total. The van der Waals surface area contributed by atoms with Crippen LogP contribution < -0.4 is 4.90 Å². The molecule has 10 heteroatoms. The van der Waals surface area contributed by atoms with Crippen molar-refractivity contribution in [1.29, 1.82) is 0 Å². The van der Waals surface area contributed by atoms with Crippen molar-refractivity contribution in [3.8, 4) is 11.1 Å². The summed E-state index contributed by atoms with van der Waals surface area (Å²) in [7, 11) is 1.36. The smallest absolute Gasteiger partial charge is 0.339 e. The molecular formula is C33H37ClFN5O3. The van der Waals surface area contributed by atoms with E-state index in [1.54, 1.807) is 25.1 Å². The van der Waals surface area contributed by atoms with Gasteiger partial charge in [0.15, 0.2) is 0 Å². The topological polar surface area (TPSA) is 80.6 Å². The third-order valence-electron chi connectivity index (χ3n) is 8.44. The number of carbonyl (C=O) groups excluding carboxylic acids is 2. The maximum Gasteiger partial charge on any atom is 0.339 e. The van der Waals surface area contributed by atoms with Crippen molar-refractivity contribution in [3.63, 3.8) is 0 Å². The third-order valence-corrected chi connectivity index (χ3v) is 8.74. The Hall–Kier alpha value is -3.98. The van der Waals surface area contributed by atoms with Crippen molar-refractivity contribution < 1.29 is 18.7 Å². The molecule has 0 bridgehead atoms. The number of aromatic nitrogens is 3. The van der Waals surface area contributed by atoms with Gasteiger partial charge in [0.05, 0.1) is 28.9 Å². The van der Waals surface area contributed by atoms with Gasteiger partial charge >= 0.3 is 5.97 Å². The van der Waals surface area contributed by atoms with Crippen LogP contribution in [0.1, 0.15) is 72.3 Å². The maximum atomic E-state index is 14.4. The highest BCUT2D eigenvalue weighted by Crippen LogP contribution is 2.35. The summed E-state index contributed by atoms with van der Waals surface area (Å²) in [5.41, 5.74) is 3.94. The Morgan fingerprint density at radius 3 is 2.49 bits per heavy atom. The van der Waals surface area contributed by atoms with Gasteiger partial charge in [-0.1, -0.05) is 24.6 Å². The standard InChI is InChI=1S/C33H37ClFN5O3/c1-8-20(3)39-17-24(22-9-11-25(34)26(35)16-22)23-10-12-27(37-30(23)39)31(41)40-14-13-38(18-33(40,5)6)28-15-19(2)29(21(4)36-28)32(42)43-7/h9-12,15-17,20H,8,13-14,18H2,1-7H3/t20-/m0/s1. The fourth-order valence-electron chi connectivity index (χ4n) is 5.92. The van der Waals surface area contributed by atoms with E-state index in [1.807, 2.05) is 44.0 Å². The number of aryl methyl sites for hydroxylation is 2. The van der Waals surface area contributed by atoms with Gasteiger partial charge in [-0.3, -0.25) is 4.79 Å². The molecule has 1 aliphatic heterocycles. The summed E-state index contributed by atoms with van der Waals surface area (Å²) in [6, 6.07) is 10.5. The molecule has 1 aliphatic rings. The number of anilines is 1. The van der Waals surface area contributed by atoms with Crippen molar-refractivity contribution >= 4 is 40.3 Å². The Morgan fingerprint density at radius 1 is 1.12 bits per heavy atom. The van der Waals surface area contributed by atoms with E-state index < -0.39 is 17.3 Å². The van der Waals surface area contributed by atoms with Crippen molar-refractivity contribution in [2.45, 2.75) is 59.5 Å². The van der Waals surface area contributed by atoms with E-state index in [4.69, 9.17) is 26.3 Å². The van der Waals surface area contributed by atoms with Crippen molar-refractivity contribution in [2.24, 2.45) is 0 Å². The molecule has 1 saturated heterocycles. The largest absolute Gasteiger partial charge is 0.465 e. The number of pyridine rings is 2. The van der Waals surface area contributed by atoms with E-state index in [0.717, 1.165) is 28.8 Å². The maximum absolute atomic E-state index is 14.4. The van der Waals surface area contributed by atoms with Gasteiger partial charge in [0, 0.05) is 42.8 Å². The minimum atomic E-state index is -0.527. The summed E-state index contributed by atoms with van der Waals surface area (Å²) in [6.45, 7) is 13.6. The monoisotopic (exact) mass is 605 g/mol. The molecule has 4 aromatic rings. The predicted octanol–water partition coefficient (Wildman–Crippen LogP) is 7.01. The number of hydrogen-bond donors (Lipinski definition) is 0. The van der Waals surface area contributed by atoms with Crippen LogP contribution in [0.5, 0.6) is 0 Å². The summed E-state index contributed by atoms with van der Waals surface area (Å²) in [6.07, 6.45) is 2.84. The number of amides is 1. The second-order valence-corrected chi connectivity index (χ2v) is 12.3. The zero-order valence-corrected chi connectivity index (χ0v) is 26.4. The minimum absolute atomic E-state index is 0.0717. The third kappa shape index (κ3) is 5.58. The molecule has 1 amide bonds. The number of halogens is 2. The molecule has 0 saturated carbocycles. The van der Waals surface area contributed by atoms with Crippen LogP contribution in [-0.2, 0) is 4.74 Å². The normalized spacial score (nSPS) is 15.6. The molecule has 0 spiro atoms. The van der Waals surface area contributed by atoms with Crippen LogP contribution in [0.15, 0.2) is 42.6 Å². The first-order valence-corrected chi connectivity index (χ1v) is 14.8. The fraction of sp³-hybridized carbons (Fsp3) is 0.394. The van der Waals surface area contributed by atoms with Crippen LogP contribution in [0.2, 0.25) is 5.02 Å². The molecule has 1 aromatic carbocycles. The highest BCUT2D eigenvalue weighted by atomic mass is 35.5. The van der Waals surface area contributed by atoms with Crippen molar-refractivity contribution in [3.05, 3.63) is 75.9 Å². The van der Waals surface area contributed by atoms with E-state index in [9.17, 15) is 14.0 Å². The highest BCUT2D eigenvalue weighted by Gasteiger charge is 2.38. The molecule has 43 heavy (non-hydrogen) atoms.